The second kappa shape index (κ2) is 8.14. The number of piperidine rings is 1. The maximum atomic E-state index is 12.9. The number of rotatable bonds is 4. The van der Waals surface area contributed by atoms with Crippen LogP contribution in [0.2, 0.25) is 10.0 Å². The van der Waals surface area contributed by atoms with Crippen LogP contribution in [0.1, 0.15) is 47.5 Å². The third kappa shape index (κ3) is 4.03. The number of likely N-dealkylation sites (tertiary alicyclic amines) is 1. The third-order valence-electron chi connectivity index (χ3n) is 5.55. The molecule has 1 heterocycles. The van der Waals surface area contributed by atoms with Gasteiger partial charge in [-0.25, -0.2) is 0 Å². The van der Waals surface area contributed by atoms with Crippen molar-refractivity contribution in [3.05, 3.63) is 63.6 Å². The Bertz CT molecular complexity index is 909. The fourth-order valence-corrected chi connectivity index (χ4v) is 4.35. The molecule has 1 saturated heterocycles. The number of nitrogens with zero attached hydrogens (tertiary/aromatic N) is 1. The lowest BCUT2D eigenvalue weighted by Gasteiger charge is -2.27. The number of halogens is 2. The smallest absolute Gasteiger partial charge is 0.255 e. The molecule has 1 N–H and O–H groups in total. The van der Waals surface area contributed by atoms with Crippen molar-refractivity contribution in [2.45, 2.75) is 31.6 Å². The number of amides is 2. The summed E-state index contributed by atoms with van der Waals surface area (Å²) in [6.07, 6.45) is 3.94. The Labute approximate surface area is 174 Å². The maximum absolute atomic E-state index is 12.9. The fraction of sp³-hybridized carbons (Fsp3) is 0.364. The highest BCUT2D eigenvalue weighted by atomic mass is 35.5. The van der Waals surface area contributed by atoms with Crippen LogP contribution in [-0.2, 0) is 4.79 Å². The molecule has 0 radical (unpaired) electrons. The number of anilines is 1. The summed E-state index contributed by atoms with van der Waals surface area (Å²) in [6, 6.07) is 12.7. The Morgan fingerprint density at radius 3 is 2.50 bits per heavy atom. The molecule has 0 spiro atoms. The van der Waals surface area contributed by atoms with Crippen LogP contribution < -0.4 is 5.32 Å². The van der Waals surface area contributed by atoms with E-state index in [1.807, 2.05) is 29.2 Å². The second-order valence-electron chi connectivity index (χ2n) is 7.50. The van der Waals surface area contributed by atoms with Gasteiger partial charge in [-0.05, 0) is 61.4 Å². The Hall–Kier alpha value is -2.04. The normalized spacial score (nSPS) is 21.3. The molecule has 1 saturated carbocycles. The lowest BCUT2D eigenvalue weighted by molar-refractivity contribution is -0.117. The van der Waals surface area contributed by atoms with Gasteiger partial charge in [-0.1, -0.05) is 41.4 Å². The molecule has 2 unspecified atom stereocenters. The van der Waals surface area contributed by atoms with E-state index in [4.69, 9.17) is 23.2 Å². The van der Waals surface area contributed by atoms with E-state index in [9.17, 15) is 9.59 Å². The molecule has 4 rings (SSSR count). The van der Waals surface area contributed by atoms with Crippen molar-refractivity contribution in [3.63, 3.8) is 0 Å². The van der Waals surface area contributed by atoms with E-state index in [1.54, 1.807) is 18.2 Å². The van der Waals surface area contributed by atoms with E-state index < -0.39 is 0 Å². The second-order valence-corrected chi connectivity index (χ2v) is 8.35. The average Bonchev–Trinajstić information content (AvgIpc) is 3.49. The highest BCUT2D eigenvalue weighted by Crippen LogP contribution is 2.50. The van der Waals surface area contributed by atoms with Gasteiger partial charge in [0.15, 0.2) is 0 Å². The molecule has 0 bridgehead atoms. The van der Waals surface area contributed by atoms with Crippen LogP contribution in [0, 0.1) is 5.92 Å². The molecule has 1 aliphatic carbocycles. The molecular formula is C22H22Cl2N2O2. The van der Waals surface area contributed by atoms with Crippen molar-refractivity contribution >= 4 is 40.7 Å². The molecule has 2 aromatic rings. The first kappa shape index (κ1) is 19.3. The third-order valence-corrected chi connectivity index (χ3v) is 6.12. The molecule has 2 aliphatic rings. The first-order chi connectivity index (χ1) is 13.5. The van der Waals surface area contributed by atoms with Crippen LogP contribution in [0.5, 0.6) is 0 Å². The van der Waals surface area contributed by atoms with Crippen LogP contribution in [-0.4, -0.2) is 29.8 Å². The van der Waals surface area contributed by atoms with Crippen molar-refractivity contribution in [1.82, 2.24) is 4.90 Å². The van der Waals surface area contributed by atoms with Crippen molar-refractivity contribution in [2.24, 2.45) is 5.92 Å². The van der Waals surface area contributed by atoms with Gasteiger partial charge < -0.3 is 10.2 Å². The summed E-state index contributed by atoms with van der Waals surface area (Å²) < 4.78 is 0. The minimum absolute atomic E-state index is 0.0508. The fourth-order valence-electron chi connectivity index (χ4n) is 3.90. The van der Waals surface area contributed by atoms with E-state index >= 15 is 0 Å². The minimum atomic E-state index is -0.142. The molecular weight excluding hydrogens is 395 g/mol. The van der Waals surface area contributed by atoms with Crippen molar-refractivity contribution in [3.8, 4) is 0 Å². The number of benzene rings is 2. The quantitative estimate of drug-likeness (QED) is 0.728. The molecule has 0 aromatic heterocycles. The van der Waals surface area contributed by atoms with Crippen LogP contribution in [0.3, 0.4) is 0 Å². The maximum Gasteiger partial charge on any atom is 0.255 e. The van der Waals surface area contributed by atoms with Gasteiger partial charge in [-0.15, -0.1) is 0 Å². The number of hydrogen-bond acceptors (Lipinski definition) is 2. The summed E-state index contributed by atoms with van der Waals surface area (Å²) in [5.41, 5.74) is 1.98. The largest absolute Gasteiger partial charge is 0.339 e. The molecule has 2 aromatic carbocycles. The van der Waals surface area contributed by atoms with Gasteiger partial charge in [-0.2, -0.15) is 0 Å². The summed E-state index contributed by atoms with van der Waals surface area (Å²) in [4.78, 5) is 27.6. The number of carbonyl (C=O) groups is 2. The van der Waals surface area contributed by atoms with Crippen LogP contribution >= 0.6 is 23.2 Å². The molecule has 1 aliphatic heterocycles. The van der Waals surface area contributed by atoms with Crippen molar-refractivity contribution < 1.29 is 9.59 Å². The molecule has 28 heavy (non-hydrogen) atoms. The monoisotopic (exact) mass is 416 g/mol. The van der Waals surface area contributed by atoms with E-state index in [2.05, 4.69) is 5.32 Å². The Balaban J connectivity index is 1.50. The summed E-state index contributed by atoms with van der Waals surface area (Å²) >= 11 is 12.4. The number of carbonyl (C=O) groups excluding carboxylic acids is 2. The first-order valence-electron chi connectivity index (χ1n) is 9.68. The van der Waals surface area contributed by atoms with E-state index in [0.29, 0.717) is 21.3 Å². The van der Waals surface area contributed by atoms with Crippen molar-refractivity contribution in [2.75, 3.05) is 18.4 Å². The first-order valence-corrected chi connectivity index (χ1v) is 10.4. The molecule has 146 valence electrons. The molecule has 2 amide bonds. The van der Waals surface area contributed by atoms with E-state index in [-0.39, 0.29) is 23.7 Å². The summed E-state index contributed by atoms with van der Waals surface area (Å²) in [5.74, 6) is -0.170. The predicted molar refractivity (Wildman–Crippen MR) is 112 cm³/mol. The van der Waals surface area contributed by atoms with Gasteiger partial charge in [0, 0.05) is 29.1 Å². The predicted octanol–water partition coefficient (Wildman–Crippen LogP) is 5.36. The summed E-state index contributed by atoms with van der Waals surface area (Å²) in [7, 11) is 0. The van der Waals surface area contributed by atoms with Crippen LogP contribution in [0.15, 0.2) is 42.5 Å². The standard InChI is InChI=1S/C22H22Cl2N2O2/c23-14-8-9-16(22(28)26-10-4-1-5-11-26)20(12-14)25-21(27)18-13-17(18)15-6-2-3-7-19(15)24/h2-3,6-9,12,17-18H,1,4-5,10-11,13H2,(H,25,27). The number of nitrogens with one attached hydrogen (secondary N) is 1. The zero-order chi connectivity index (χ0) is 19.7. The minimum Gasteiger partial charge on any atom is -0.339 e. The topological polar surface area (TPSA) is 49.4 Å². The lowest BCUT2D eigenvalue weighted by Crippen LogP contribution is -2.36. The van der Waals surface area contributed by atoms with E-state index in [0.717, 1.165) is 44.3 Å². The zero-order valence-electron chi connectivity index (χ0n) is 15.5. The van der Waals surface area contributed by atoms with Crippen LogP contribution in [0.25, 0.3) is 0 Å². The van der Waals surface area contributed by atoms with Gasteiger partial charge >= 0.3 is 0 Å². The van der Waals surface area contributed by atoms with Gasteiger partial charge in [0.1, 0.15) is 0 Å². The van der Waals surface area contributed by atoms with Crippen molar-refractivity contribution in [1.29, 1.82) is 0 Å². The molecule has 2 fully saturated rings. The average molecular weight is 417 g/mol. The molecule has 2 atom stereocenters. The van der Waals surface area contributed by atoms with Gasteiger partial charge in [-0.3, -0.25) is 9.59 Å². The Morgan fingerprint density at radius 1 is 1.00 bits per heavy atom. The van der Waals surface area contributed by atoms with Gasteiger partial charge in [0.2, 0.25) is 5.91 Å². The van der Waals surface area contributed by atoms with E-state index in [1.165, 1.54) is 0 Å². The summed E-state index contributed by atoms with van der Waals surface area (Å²) in [5, 5.41) is 4.11. The zero-order valence-corrected chi connectivity index (χ0v) is 17.0. The van der Waals surface area contributed by atoms with Crippen LogP contribution in [0.4, 0.5) is 5.69 Å². The van der Waals surface area contributed by atoms with Gasteiger partial charge in [0.25, 0.3) is 5.91 Å². The number of hydrogen-bond donors (Lipinski definition) is 1. The Morgan fingerprint density at radius 2 is 1.75 bits per heavy atom. The molecule has 6 heteroatoms. The summed E-state index contributed by atoms with van der Waals surface area (Å²) in [6.45, 7) is 1.51. The SMILES string of the molecule is O=C(Nc1cc(Cl)ccc1C(=O)N1CCCCC1)C1CC1c1ccccc1Cl. The Kier molecular flexibility index (Phi) is 5.61. The molecule has 4 nitrogen and oxygen atoms in total. The van der Waals surface area contributed by atoms with Gasteiger partial charge in [0.05, 0.1) is 11.3 Å². The highest BCUT2D eigenvalue weighted by molar-refractivity contribution is 6.31. The highest BCUT2D eigenvalue weighted by Gasteiger charge is 2.45. The lowest BCUT2D eigenvalue weighted by atomic mass is 10.1.